The van der Waals surface area contributed by atoms with Gasteiger partial charge in [-0.1, -0.05) is 158 Å². The molecule has 4 nitrogen and oxygen atoms in total. The Labute approximate surface area is 301 Å². The van der Waals surface area contributed by atoms with Gasteiger partial charge in [0.05, 0.1) is 11.0 Å². The Morgan fingerprint density at radius 1 is 0.442 bits per heavy atom. The lowest BCUT2D eigenvalue weighted by atomic mass is 9.66. The second kappa shape index (κ2) is 11.1. The first-order valence-electron chi connectivity index (χ1n) is 17.8. The largest absolute Gasteiger partial charge is 0.456 e. The van der Waals surface area contributed by atoms with Crippen molar-refractivity contribution in [2.24, 2.45) is 9.98 Å². The standard InChI is InChI=1S/C48H31N3O/c1-2-15-30(16-3-1)45-49-46(51-47(50-45)38-29-31-17-4-5-18-32(31)33-19-6-7-20-34(33)38)37-23-14-27-42-44(37)52-43-28-13-12-26-41(43)48(42)39-24-10-8-21-35(39)36-22-9-11-25-40(36)48/h1-29,45H,(H,49,50,51). The molecule has 0 radical (unpaired) electrons. The molecule has 2 aliphatic heterocycles. The van der Waals surface area contributed by atoms with E-state index in [1.807, 2.05) is 6.07 Å². The number of rotatable bonds is 3. The molecule has 2 heterocycles. The number of aliphatic imine (C=N–C) groups is 2. The Hall–Kier alpha value is -6.78. The second-order valence-corrected chi connectivity index (χ2v) is 13.7. The highest BCUT2D eigenvalue weighted by atomic mass is 16.5. The van der Waals surface area contributed by atoms with E-state index in [9.17, 15) is 0 Å². The fourth-order valence-corrected chi connectivity index (χ4v) is 8.81. The highest BCUT2D eigenvalue weighted by Gasteiger charge is 2.51. The monoisotopic (exact) mass is 665 g/mol. The zero-order chi connectivity index (χ0) is 34.2. The lowest BCUT2D eigenvalue weighted by Crippen LogP contribution is -2.38. The van der Waals surface area contributed by atoms with Gasteiger partial charge >= 0.3 is 0 Å². The molecular formula is C48H31N3O. The molecule has 1 unspecified atom stereocenters. The van der Waals surface area contributed by atoms with Gasteiger partial charge in [-0.15, -0.1) is 0 Å². The molecule has 0 saturated heterocycles. The van der Waals surface area contributed by atoms with E-state index in [4.69, 9.17) is 14.7 Å². The number of fused-ring (bicyclic) bond motifs is 12. The van der Waals surface area contributed by atoms with Crippen LogP contribution in [0.25, 0.3) is 32.7 Å². The van der Waals surface area contributed by atoms with Crippen LogP contribution >= 0.6 is 0 Å². The maximum absolute atomic E-state index is 7.03. The minimum atomic E-state index is -0.563. The molecule has 244 valence electrons. The molecule has 0 saturated carbocycles. The van der Waals surface area contributed by atoms with Crippen molar-refractivity contribution in [2.75, 3.05) is 0 Å². The first-order valence-corrected chi connectivity index (χ1v) is 17.8. The Morgan fingerprint density at radius 3 is 1.77 bits per heavy atom. The summed E-state index contributed by atoms with van der Waals surface area (Å²) in [6.07, 6.45) is -0.452. The normalized spacial score (nSPS) is 16.2. The Morgan fingerprint density at radius 2 is 1.00 bits per heavy atom. The molecule has 0 amide bonds. The number of nitrogens with zero attached hydrogens (tertiary/aromatic N) is 2. The third-order valence-corrected chi connectivity index (χ3v) is 11.0. The van der Waals surface area contributed by atoms with Crippen LogP contribution in [0.1, 0.15) is 45.1 Å². The van der Waals surface area contributed by atoms with Crippen molar-refractivity contribution in [3.8, 4) is 22.6 Å². The average Bonchev–Trinajstić information content (AvgIpc) is 3.51. The Bertz CT molecular complexity index is 2770. The minimum Gasteiger partial charge on any atom is -0.456 e. The summed E-state index contributed by atoms with van der Waals surface area (Å²) in [5.41, 5.74) is 9.65. The topological polar surface area (TPSA) is 46.0 Å². The van der Waals surface area contributed by atoms with Crippen molar-refractivity contribution in [1.29, 1.82) is 0 Å². The maximum atomic E-state index is 7.03. The third kappa shape index (κ3) is 4.03. The third-order valence-electron chi connectivity index (χ3n) is 11.0. The van der Waals surface area contributed by atoms with Gasteiger partial charge in [-0.3, -0.25) is 0 Å². The lowest BCUT2D eigenvalue weighted by Gasteiger charge is -2.40. The number of para-hydroxylation sites is 2. The zero-order valence-corrected chi connectivity index (χ0v) is 28.1. The summed E-state index contributed by atoms with van der Waals surface area (Å²) in [6.45, 7) is 0. The van der Waals surface area contributed by atoms with E-state index < -0.39 is 11.6 Å². The Kier molecular flexibility index (Phi) is 6.20. The molecule has 52 heavy (non-hydrogen) atoms. The number of ether oxygens (including phenoxy) is 1. The molecule has 1 aliphatic carbocycles. The van der Waals surface area contributed by atoms with E-state index in [0.717, 1.165) is 56.4 Å². The molecule has 8 aromatic carbocycles. The van der Waals surface area contributed by atoms with Crippen molar-refractivity contribution in [1.82, 2.24) is 5.32 Å². The van der Waals surface area contributed by atoms with Gasteiger partial charge < -0.3 is 10.1 Å². The van der Waals surface area contributed by atoms with Crippen LogP contribution < -0.4 is 10.1 Å². The van der Waals surface area contributed by atoms with Crippen molar-refractivity contribution in [3.05, 3.63) is 215 Å². The van der Waals surface area contributed by atoms with Crippen LogP contribution in [-0.4, -0.2) is 11.7 Å². The zero-order valence-electron chi connectivity index (χ0n) is 28.1. The van der Waals surface area contributed by atoms with Crippen molar-refractivity contribution in [2.45, 2.75) is 11.6 Å². The molecule has 3 aliphatic rings. The van der Waals surface area contributed by atoms with Gasteiger partial charge in [0.15, 0.2) is 6.17 Å². The summed E-state index contributed by atoms with van der Waals surface area (Å²) in [7, 11) is 0. The van der Waals surface area contributed by atoms with Gasteiger partial charge in [-0.25, -0.2) is 9.98 Å². The van der Waals surface area contributed by atoms with E-state index in [2.05, 4.69) is 175 Å². The molecule has 0 bridgehead atoms. The van der Waals surface area contributed by atoms with E-state index in [1.54, 1.807) is 0 Å². The van der Waals surface area contributed by atoms with Gasteiger partial charge in [-0.2, -0.15) is 0 Å². The molecule has 1 spiro atoms. The molecule has 11 rings (SSSR count). The number of nitrogens with one attached hydrogen (secondary N) is 1. The SMILES string of the molecule is c1ccc(C2N=C(c3cccc4c3Oc3ccccc3C43c4ccccc4-c4ccccc43)NC(c3cc4ccccc4c4ccccc34)=N2)cc1. The van der Waals surface area contributed by atoms with Gasteiger partial charge in [0.25, 0.3) is 0 Å². The predicted molar refractivity (Wildman–Crippen MR) is 211 cm³/mol. The molecule has 0 aromatic heterocycles. The fourth-order valence-electron chi connectivity index (χ4n) is 8.81. The number of benzene rings is 8. The average molecular weight is 666 g/mol. The summed E-state index contributed by atoms with van der Waals surface area (Å²) in [5, 5.41) is 8.47. The van der Waals surface area contributed by atoms with Crippen LogP contribution in [0, 0.1) is 0 Å². The molecule has 8 aromatic rings. The van der Waals surface area contributed by atoms with Gasteiger partial charge in [0.1, 0.15) is 23.2 Å². The van der Waals surface area contributed by atoms with Crippen molar-refractivity contribution < 1.29 is 4.74 Å². The molecule has 1 N–H and O–H groups in total. The first-order chi connectivity index (χ1) is 25.8. The summed E-state index contributed by atoms with van der Waals surface area (Å²) < 4.78 is 7.03. The van der Waals surface area contributed by atoms with Crippen LogP contribution in [-0.2, 0) is 5.41 Å². The quantitative estimate of drug-likeness (QED) is 0.191. The number of amidine groups is 2. The molecule has 1 atom stereocenters. The van der Waals surface area contributed by atoms with Gasteiger partial charge in [-0.05, 0) is 67.6 Å². The number of hydrogen-bond donors (Lipinski definition) is 1. The highest BCUT2D eigenvalue weighted by molar-refractivity contribution is 6.24. The highest BCUT2D eigenvalue weighted by Crippen LogP contribution is 2.62. The summed E-state index contributed by atoms with van der Waals surface area (Å²) >= 11 is 0. The van der Waals surface area contributed by atoms with Crippen LogP contribution in [0.4, 0.5) is 0 Å². The summed E-state index contributed by atoms with van der Waals surface area (Å²) in [4.78, 5) is 10.7. The Balaban J connectivity index is 1.16. The van der Waals surface area contributed by atoms with E-state index in [0.29, 0.717) is 0 Å². The molecular weight excluding hydrogens is 635 g/mol. The van der Waals surface area contributed by atoms with E-state index in [-0.39, 0.29) is 0 Å². The number of hydrogen-bond acceptors (Lipinski definition) is 4. The molecule has 0 fully saturated rings. The molecule has 4 heteroatoms. The van der Waals surface area contributed by atoms with Crippen LogP contribution in [0.5, 0.6) is 11.5 Å². The van der Waals surface area contributed by atoms with E-state index >= 15 is 0 Å². The lowest BCUT2D eigenvalue weighted by molar-refractivity contribution is 0.435. The smallest absolute Gasteiger partial charge is 0.169 e. The van der Waals surface area contributed by atoms with Crippen LogP contribution in [0.3, 0.4) is 0 Å². The fraction of sp³-hybridized carbons (Fsp3) is 0.0417. The van der Waals surface area contributed by atoms with Crippen LogP contribution in [0.2, 0.25) is 0 Å². The van der Waals surface area contributed by atoms with E-state index in [1.165, 1.54) is 38.4 Å². The van der Waals surface area contributed by atoms with Crippen molar-refractivity contribution in [3.63, 3.8) is 0 Å². The summed E-state index contributed by atoms with van der Waals surface area (Å²) in [6, 6.07) is 62.4. The van der Waals surface area contributed by atoms with Gasteiger partial charge in [0, 0.05) is 16.7 Å². The van der Waals surface area contributed by atoms with Crippen LogP contribution in [0.15, 0.2) is 186 Å². The first kappa shape index (κ1) is 29.0. The maximum Gasteiger partial charge on any atom is 0.169 e. The summed E-state index contributed by atoms with van der Waals surface area (Å²) in [5.74, 6) is 3.15. The van der Waals surface area contributed by atoms with Gasteiger partial charge in [0.2, 0.25) is 0 Å². The predicted octanol–water partition coefficient (Wildman–Crippen LogP) is 11.0. The minimum absolute atomic E-state index is 0.452. The van der Waals surface area contributed by atoms with Crippen molar-refractivity contribution >= 4 is 33.2 Å². The second-order valence-electron chi connectivity index (χ2n) is 13.7.